The van der Waals surface area contributed by atoms with Crippen LogP contribution in [0.4, 0.5) is 5.82 Å². The molecular formula is C19H25N3. The first-order valence-electron chi connectivity index (χ1n) is 8.13. The summed E-state index contributed by atoms with van der Waals surface area (Å²) in [6, 6.07) is 12.1. The lowest BCUT2D eigenvalue weighted by atomic mass is 10.0. The van der Waals surface area contributed by atoms with Crippen LogP contribution < -0.4 is 5.32 Å². The first-order chi connectivity index (χ1) is 10.8. The van der Waals surface area contributed by atoms with Gasteiger partial charge >= 0.3 is 0 Å². The van der Waals surface area contributed by atoms with Crippen molar-refractivity contribution in [2.45, 2.75) is 39.5 Å². The molecule has 3 nitrogen and oxygen atoms in total. The fourth-order valence-electron chi connectivity index (χ4n) is 2.39. The third-order valence-corrected chi connectivity index (χ3v) is 3.80. The summed E-state index contributed by atoms with van der Waals surface area (Å²) in [6.45, 7) is 5.24. The van der Waals surface area contributed by atoms with E-state index in [4.69, 9.17) is 5.41 Å². The number of hydrogen-bond acceptors (Lipinski definition) is 3. The molecule has 2 N–H and O–H groups in total. The number of hydrogen-bond donors (Lipinski definition) is 2. The second kappa shape index (κ2) is 8.32. The van der Waals surface area contributed by atoms with Crippen molar-refractivity contribution >= 4 is 11.5 Å². The van der Waals surface area contributed by atoms with Crippen LogP contribution in [0.15, 0.2) is 42.6 Å². The van der Waals surface area contributed by atoms with Crippen molar-refractivity contribution in [3.05, 3.63) is 59.3 Å². The Balaban J connectivity index is 2.14. The van der Waals surface area contributed by atoms with Gasteiger partial charge in [-0.05, 0) is 30.5 Å². The number of aromatic nitrogens is 1. The molecule has 1 aromatic heterocycles. The van der Waals surface area contributed by atoms with E-state index in [1.807, 2.05) is 24.3 Å². The molecule has 0 unspecified atom stereocenters. The maximum Gasteiger partial charge on any atom is 0.135 e. The number of nitrogens with zero attached hydrogens (tertiary/aromatic N) is 1. The van der Waals surface area contributed by atoms with Crippen LogP contribution in [0.5, 0.6) is 0 Å². The van der Waals surface area contributed by atoms with Crippen molar-refractivity contribution in [3.63, 3.8) is 0 Å². The lowest BCUT2D eigenvalue weighted by Gasteiger charge is -2.12. The molecule has 0 saturated carbocycles. The van der Waals surface area contributed by atoms with Gasteiger partial charge in [0.1, 0.15) is 5.82 Å². The second-order valence-corrected chi connectivity index (χ2v) is 5.46. The third-order valence-electron chi connectivity index (χ3n) is 3.80. The number of aryl methyl sites for hydroxylation is 1. The molecule has 0 aliphatic rings. The van der Waals surface area contributed by atoms with Gasteiger partial charge < -0.3 is 5.32 Å². The molecule has 0 saturated heterocycles. The molecule has 1 aromatic carbocycles. The summed E-state index contributed by atoms with van der Waals surface area (Å²) in [5, 5.41) is 11.8. The molecule has 3 heteroatoms. The Kier molecular flexibility index (Phi) is 6.13. The molecule has 0 bridgehead atoms. The maximum absolute atomic E-state index is 8.48. The Bertz CT molecular complexity index is 602. The van der Waals surface area contributed by atoms with E-state index in [1.54, 1.807) is 6.20 Å². The summed E-state index contributed by atoms with van der Waals surface area (Å²) >= 11 is 0. The van der Waals surface area contributed by atoms with Crippen molar-refractivity contribution in [1.29, 1.82) is 5.41 Å². The van der Waals surface area contributed by atoms with Crippen LogP contribution in [0.25, 0.3) is 0 Å². The Labute approximate surface area is 133 Å². The van der Waals surface area contributed by atoms with Crippen molar-refractivity contribution in [2.24, 2.45) is 0 Å². The molecule has 22 heavy (non-hydrogen) atoms. The predicted molar refractivity (Wildman–Crippen MR) is 94.0 cm³/mol. The van der Waals surface area contributed by atoms with E-state index in [1.165, 1.54) is 18.4 Å². The molecule has 0 spiro atoms. The Morgan fingerprint density at radius 2 is 1.86 bits per heavy atom. The van der Waals surface area contributed by atoms with Crippen molar-refractivity contribution < 1.29 is 0 Å². The minimum atomic E-state index is 0.522. The minimum Gasteiger partial charge on any atom is -0.370 e. The average molecular weight is 295 g/mol. The molecule has 0 atom stereocenters. The summed E-state index contributed by atoms with van der Waals surface area (Å²) in [4.78, 5) is 4.40. The van der Waals surface area contributed by atoms with Crippen LogP contribution in [0.1, 0.15) is 49.8 Å². The first kappa shape index (κ1) is 16.2. The van der Waals surface area contributed by atoms with Gasteiger partial charge in [-0.25, -0.2) is 4.98 Å². The molecule has 1 heterocycles. The van der Waals surface area contributed by atoms with Gasteiger partial charge in [0.15, 0.2) is 0 Å². The van der Waals surface area contributed by atoms with E-state index in [9.17, 15) is 0 Å². The summed E-state index contributed by atoms with van der Waals surface area (Å²) in [5.74, 6) is 0.808. The van der Waals surface area contributed by atoms with E-state index < -0.39 is 0 Å². The second-order valence-electron chi connectivity index (χ2n) is 5.46. The first-order valence-corrected chi connectivity index (χ1v) is 8.13. The van der Waals surface area contributed by atoms with E-state index in [0.717, 1.165) is 36.3 Å². The highest BCUT2D eigenvalue weighted by molar-refractivity contribution is 6.13. The largest absolute Gasteiger partial charge is 0.370 e. The SMILES string of the molecule is CCCCCNc1ncccc1C(=N)c1ccc(CC)cc1. The summed E-state index contributed by atoms with van der Waals surface area (Å²) in [6.07, 6.45) is 6.34. The highest BCUT2D eigenvalue weighted by Crippen LogP contribution is 2.17. The molecular weight excluding hydrogens is 270 g/mol. The lowest BCUT2D eigenvalue weighted by Crippen LogP contribution is -2.10. The molecule has 2 rings (SSSR count). The van der Waals surface area contributed by atoms with Gasteiger partial charge in [-0.1, -0.05) is 51.0 Å². The fourth-order valence-corrected chi connectivity index (χ4v) is 2.39. The lowest BCUT2D eigenvalue weighted by molar-refractivity contribution is 0.742. The van der Waals surface area contributed by atoms with E-state index in [-0.39, 0.29) is 0 Å². The fraction of sp³-hybridized carbons (Fsp3) is 0.368. The third kappa shape index (κ3) is 4.17. The van der Waals surface area contributed by atoms with E-state index >= 15 is 0 Å². The number of unbranched alkanes of at least 4 members (excludes halogenated alkanes) is 2. The maximum atomic E-state index is 8.48. The van der Waals surface area contributed by atoms with Crippen LogP contribution in [-0.4, -0.2) is 17.2 Å². The Morgan fingerprint density at radius 1 is 1.09 bits per heavy atom. The number of anilines is 1. The van der Waals surface area contributed by atoms with Crippen LogP contribution in [-0.2, 0) is 6.42 Å². The average Bonchev–Trinajstić information content (AvgIpc) is 2.58. The van der Waals surface area contributed by atoms with Gasteiger partial charge in [0.25, 0.3) is 0 Å². The molecule has 0 fully saturated rings. The van der Waals surface area contributed by atoms with Crippen molar-refractivity contribution in [2.75, 3.05) is 11.9 Å². The Hall–Kier alpha value is -2.16. The molecule has 0 radical (unpaired) electrons. The minimum absolute atomic E-state index is 0.522. The summed E-state index contributed by atoms with van der Waals surface area (Å²) in [5.41, 5.74) is 3.61. The molecule has 0 aliphatic heterocycles. The topological polar surface area (TPSA) is 48.8 Å². The number of nitrogens with one attached hydrogen (secondary N) is 2. The monoisotopic (exact) mass is 295 g/mol. The highest BCUT2D eigenvalue weighted by Gasteiger charge is 2.10. The molecule has 2 aromatic rings. The predicted octanol–water partition coefficient (Wildman–Crippen LogP) is 4.66. The van der Waals surface area contributed by atoms with Gasteiger partial charge in [0, 0.05) is 23.9 Å². The van der Waals surface area contributed by atoms with Crippen LogP contribution >= 0.6 is 0 Å². The number of rotatable bonds is 8. The van der Waals surface area contributed by atoms with Crippen LogP contribution in [0.2, 0.25) is 0 Å². The summed E-state index contributed by atoms with van der Waals surface area (Å²) in [7, 11) is 0. The van der Waals surface area contributed by atoms with Crippen LogP contribution in [0.3, 0.4) is 0 Å². The zero-order chi connectivity index (χ0) is 15.8. The molecule has 0 aliphatic carbocycles. The number of benzene rings is 1. The van der Waals surface area contributed by atoms with Gasteiger partial charge in [0.2, 0.25) is 0 Å². The van der Waals surface area contributed by atoms with Gasteiger partial charge in [-0.3, -0.25) is 5.41 Å². The number of pyridine rings is 1. The smallest absolute Gasteiger partial charge is 0.135 e. The quantitative estimate of drug-likeness (QED) is 0.549. The molecule has 0 amide bonds. The standard InChI is InChI=1S/C19H25N3/c1-3-5-6-13-21-19-17(8-7-14-22-19)18(20)16-11-9-15(4-2)10-12-16/h7-12,14,20H,3-6,13H2,1-2H3,(H,21,22). The van der Waals surface area contributed by atoms with Gasteiger partial charge in [0.05, 0.1) is 5.71 Å². The van der Waals surface area contributed by atoms with E-state index in [2.05, 4.69) is 36.3 Å². The van der Waals surface area contributed by atoms with Crippen molar-refractivity contribution in [1.82, 2.24) is 4.98 Å². The summed E-state index contributed by atoms with van der Waals surface area (Å²) < 4.78 is 0. The van der Waals surface area contributed by atoms with Gasteiger partial charge in [-0.2, -0.15) is 0 Å². The van der Waals surface area contributed by atoms with Gasteiger partial charge in [-0.15, -0.1) is 0 Å². The highest BCUT2D eigenvalue weighted by atomic mass is 15.0. The Morgan fingerprint density at radius 3 is 2.55 bits per heavy atom. The normalized spacial score (nSPS) is 10.5. The molecule has 116 valence electrons. The zero-order valence-electron chi connectivity index (χ0n) is 13.5. The van der Waals surface area contributed by atoms with E-state index in [0.29, 0.717) is 5.71 Å². The van der Waals surface area contributed by atoms with Crippen molar-refractivity contribution in [3.8, 4) is 0 Å². The van der Waals surface area contributed by atoms with Crippen LogP contribution in [0, 0.1) is 5.41 Å². The zero-order valence-corrected chi connectivity index (χ0v) is 13.5.